The van der Waals surface area contributed by atoms with Gasteiger partial charge in [0, 0.05) is 67.4 Å². The molecule has 51 heavy (non-hydrogen) atoms. The lowest BCUT2D eigenvalue weighted by Gasteiger charge is -2.28. The van der Waals surface area contributed by atoms with Crippen molar-refractivity contribution in [2.75, 3.05) is 52.7 Å². The second-order valence-corrected chi connectivity index (χ2v) is 13.4. The molecule has 3 aromatic carbocycles. The molecule has 1 atom stereocenters. The van der Waals surface area contributed by atoms with Crippen molar-refractivity contribution < 1.29 is 32.5 Å². The van der Waals surface area contributed by atoms with E-state index < -0.39 is 5.97 Å². The van der Waals surface area contributed by atoms with Gasteiger partial charge in [-0.1, -0.05) is 12.1 Å². The maximum atomic E-state index is 16.5. The zero-order chi connectivity index (χ0) is 35.5. The minimum Gasteiger partial charge on any atom is -0.493 e. The third-order valence-corrected chi connectivity index (χ3v) is 10.2. The smallest absolute Gasteiger partial charge is 0.355 e. The number of aryl methyl sites for hydroxylation is 3. The molecule has 0 saturated carbocycles. The summed E-state index contributed by atoms with van der Waals surface area (Å²) in [5, 5.41) is 7.37. The van der Waals surface area contributed by atoms with Crippen LogP contribution in [0.3, 0.4) is 0 Å². The SMILES string of the molecule is CCOC(=O)c1c(CCCOc2cccc3cc(F)ccc23)c2ccc(F)c3c2n1CCCCOC(CCN1CCOCC1)c1nn(C)c(C)c1-3. The molecule has 2 aromatic heterocycles. The molecule has 2 aliphatic rings. The number of carbonyl (C=O) groups is 1. The molecule has 0 N–H and O–H groups in total. The molecule has 2 aliphatic heterocycles. The van der Waals surface area contributed by atoms with E-state index in [0.29, 0.717) is 86.0 Å². The van der Waals surface area contributed by atoms with Crippen molar-refractivity contribution in [1.82, 2.24) is 19.2 Å². The number of hydrogen-bond donors (Lipinski definition) is 0. The Balaban J connectivity index is 1.29. The van der Waals surface area contributed by atoms with Crippen LogP contribution in [0.15, 0.2) is 48.5 Å². The van der Waals surface area contributed by atoms with E-state index in [1.54, 1.807) is 23.7 Å². The molecule has 270 valence electrons. The van der Waals surface area contributed by atoms with Gasteiger partial charge in [-0.15, -0.1) is 0 Å². The lowest BCUT2D eigenvalue weighted by atomic mass is 9.95. The molecule has 1 unspecified atom stereocenters. The predicted molar refractivity (Wildman–Crippen MR) is 192 cm³/mol. The van der Waals surface area contributed by atoms with Gasteiger partial charge in [0.05, 0.1) is 37.6 Å². The summed E-state index contributed by atoms with van der Waals surface area (Å²) < 4.78 is 58.1. The Morgan fingerprint density at radius 2 is 1.82 bits per heavy atom. The van der Waals surface area contributed by atoms with Gasteiger partial charge in [-0.05, 0) is 93.3 Å². The van der Waals surface area contributed by atoms with Crippen molar-refractivity contribution >= 4 is 27.6 Å². The van der Waals surface area contributed by atoms with Gasteiger partial charge in [0.25, 0.3) is 0 Å². The highest BCUT2D eigenvalue weighted by molar-refractivity contribution is 6.05. The number of aromatic nitrogens is 3. The monoisotopic (exact) mass is 700 g/mol. The van der Waals surface area contributed by atoms with E-state index in [0.717, 1.165) is 59.9 Å². The first-order chi connectivity index (χ1) is 24.9. The Morgan fingerprint density at radius 1 is 1.00 bits per heavy atom. The Labute approximate surface area is 297 Å². The van der Waals surface area contributed by atoms with Gasteiger partial charge in [-0.2, -0.15) is 5.10 Å². The van der Waals surface area contributed by atoms with Crippen molar-refractivity contribution in [3.05, 3.63) is 82.8 Å². The topological polar surface area (TPSA) is 80.0 Å². The number of fused-ring (bicyclic) bond motifs is 3. The van der Waals surface area contributed by atoms with Crippen LogP contribution < -0.4 is 4.74 Å². The highest BCUT2D eigenvalue weighted by Gasteiger charge is 2.32. The van der Waals surface area contributed by atoms with Gasteiger partial charge in [-0.25, -0.2) is 13.6 Å². The molecule has 5 aromatic rings. The van der Waals surface area contributed by atoms with E-state index in [1.165, 1.54) is 18.2 Å². The van der Waals surface area contributed by atoms with Gasteiger partial charge in [0.15, 0.2) is 0 Å². The molecule has 11 heteroatoms. The minimum atomic E-state index is -0.426. The first kappa shape index (κ1) is 35.1. The van der Waals surface area contributed by atoms with Crippen molar-refractivity contribution in [3.8, 4) is 16.9 Å². The summed E-state index contributed by atoms with van der Waals surface area (Å²) in [6, 6.07) is 13.5. The van der Waals surface area contributed by atoms with Gasteiger partial charge >= 0.3 is 5.97 Å². The standard InChI is InChI=1S/C40H46F2N4O5/c1-4-49-40(47)39-30(10-8-22-50-33-11-7-9-27-25-28(41)12-13-29(27)33)31-14-15-32(42)36-35-26(2)44(3)43-37(35)34(16-18-45-19-23-48-24-20-45)51-21-6-5-17-46(39)38(31)36/h7,9,11-15,25,34H,4-6,8,10,16-24H2,1-3H3. The zero-order valence-corrected chi connectivity index (χ0v) is 29.7. The van der Waals surface area contributed by atoms with E-state index in [4.69, 9.17) is 24.0 Å². The van der Waals surface area contributed by atoms with E-state index in [-0.39, 0.29) is 24.3 Å². The van der Waals surface area contributed by atoms with Gasteiger partial charge in [-0.3, -0.25) is 9.58 Å². The van der Waals surface area contributed by atoms with E-state index in [2.05, 4.69) is 4.90 Å². The molecule has 0 radical (unpaired) electrons. The number of morpholine rings is 1. The van der Waals surface area contributed by atoms with Crippen LogP contribution in [0.5, 0.6) is 5.75 Å². The van der Waals surface area contributed by atoms with Crippen molar-refractivity contribution in [2.24, 2.45) is 7.05 Å². The van der Waals surface area contributed by atoms with Crippen molar-refractivity contribution in [2.45, 2.75) is 58.6 Å². The number of rotatable bonds is 10. The van der Waals surface area contributed by atoms with E-state index in [1.807, 2.05) is 36.7 Å². The molecule has 1 saturated heterocycles. The molecule has 0 bridgehead atoms. The molecule has 1 fully saturated rings. The molecule has 4 heterocycles. The van der Waals surface area contributed by atoms with Gasteiger partial charge in [0.2, 0.25) is 0 Å². The number of hydrogen-bond acceptors (Lipinski definition) is 7. The van der Waals surface area contributed by atoms with Crippen molar-refractivity contribution in [1.29, 1.82) is 0 Å². The molecule has 0 spiro atoms. The van der Waals surface area contributed by atoms with Crippen LogP contribution in [0.1, 0.15) is 66.2 Å². The summed E-state index contributed by atoms with van der Waals surface area (Å²) in [7, 11) is 1.88. The number of carbonyl (C=O) groups excluding carboxylic acids is 1. The van der Waals surface area contributed by atoms with Crippen LogP contribution >= 0.6 is 0 Å². The minimum absolute atomic E-state index is 0.219. The average molecular weight is 701 g/mol. The van der Waals surface area contributed by atoms with Crippen LogP contribution in [-0.4, -0.2) is 77.9 Å². The molecule has 9 nitrogen and oxygen atoms in total. The van der Waals surface area contributed by atoms with Crippen LogP contribution in [-0.2, 0) is 34.2 Å². The second-order valence-electron chi connectivity index (χ2n) is 13.4. The molecule has 0 amide bonds. The average Bonchev–Trinajstić information content (AvgIpc) is 3.59. The van der Waals surface area contributed by atoms with E-state index in [9.17, 15) is 9.18 Å². The summed E-state index contributed by atoms with van der Waals surface area (Å²) in [6.07, 6.45) is 2.98. The van der Waals surface area contributed by atoms with Crippen LogP contribution in [0.4, 0.5) is 8.78 Å². The Hall–Kier alpha value is -4.32. The fourth-order valence-electron chi connectivity index (χ4n) is 7.61. The molecule has 0 aliphatic carbocycles. The van der Waals surface area contributed by atoms with Gasteiger partial charge < -0.3 is 23.5 Å². The highest BCUT2D eigenvalue weighted by Crippen LogP contribution is 2.43. The Kier molecular flexibility index (Phi) is 10.7. The molecular weight excluding hydrogens is 654 g/mol. The number of esters is 1. The number of halogens is 2. The fourth-order valence-corrected chi connectivity index (χ4v) is 7.61. The first-order valence-electron chi connectivity index (χ1n) is 18.1. The quantitative estimate of drug-likeness (QED) is 0.110. The molecular formula is C40H46F2N4O5. The second kappa shape index (κ2) is 15.5. The maximum absolute atomic E-state index is 16.5. The maximum Gasteiger partial charge on any atom is 0.355 e. The zero-order valence-electron chi connectivity index (χ0n) is 29.7. The summed E-state index contributed by atoms with van der Waals surface area (Å²) >= 11 is 0. The van der Waals surface area contributed by atoms with Gasteiger partial charge in [0.1, 0.15) is 29.2 Å². The largest absolute Gasteiger partial charge is 0.493 e. The fraction of sp³-hybridized carbons (Fsp3) is 0.450. The van der Waals surface area contributed by atoms with Crippen LogP contribution in [0, 0.1) is 18.6 Å². The van der Waals surface area contributed by atoms with Crippen LogP contribution in [0.25, 0.3) is 32.8 Å². The number of ether oxygens (including phenoxy) is 4. The normalized spacial score (nSPS) is 17.0. The third kappa shape index (κ3) is 7.11. The number of benzene rings is 3. The molecule has 7 rings (SSSR count). The summed E-state index contributed by atoms with van der Waals surface area (Å²) in [5.74, 6) is -0.426. The predicted octanol–water partition coefficient (Wildman–Crippen LogP) is 7.54. The lowest BCUT2D eigenvalue weighted by molar-refractivity contribution is 0.00973. The Bertz CT molecular complexity index is 2030. The third-order valence-electron chi connectivity index (χ3n) is 10.2. The van der Waals surface area contributed by atoms with E-state index >= 15 is 4.39 Å². The summed E-state index contributed by atoms with van der Waals surface area (Å²) in [5.41, 5.74) is 4.63. The summed E-state index contributed by atoms with van der Waals surface area (Å²) in [4.78, 5) is 16.2. The lowest BCUT2D eigenvalue weighted by Crippen LogP contribution is -2.37. The number of nitrogens with zero attached hydrogens (tertiary/aromatic N) is 4. The Morgan fingerprint density at radius 3 is 2.65 bits per heavy atom. The summed E-state index contributed by atoms with van der Waals surface area (Å²) in [6.45, 7) is 9.35. The first-order valence-corrected chi connectivity index (χ1v) is 18.1. The van der Waals surface area contributed by atoms with Crippen molar-refractivity contribution in [3.63, 3.8) is 0 Å². The van der Waals surface area contributed by atoms with Crippen LogP contribution in [0.2, 0.25) is 0 Å². The highest BCUT2D eigenvalue weighted by atomic mass is 19.1.